The molecule has 0 aromatic heterocycles. The Morgan fingerprint density at radius 1 is 1.57 bits per heavy atom. The van der Waals surface area contributed by atoms with Crippen LogP contribution in [0.25, 0.3) is 0 Å². The van der Waals surface area contributed by atoms with Crippen molar-refractivity contribution in [1.29, 1.82) is 0 Å². The lowest BCUT2D eigenvalue weighted by atomic mass is 10.4. The third-order valence-electron chi connectivity index (χ3n) is 0.394. The molecule has 0 nitrogen and oxygen atoms in total. The first-order valence-corrected chi connectivity index (χ1v) is 2.35. The molecule has 0 amide bonds. The highest BCUT2D eigenvalue weighted by Gasteiger charge is 1.61. The molecule has 0 atom stereocenters. The zero-order valence-electron chi connectivity index (χ0n) is 4.91. The molecule has 40 valence electrons. The Labute approximate surface area is 46.2 Å². The average molecular weight is 96.2 g/mol. The average Bonchev–Trinajstić information content (AvgIpc) is 1.75. The summed E-state index contributed by atoms with van der Waals surface area (Å²) in [6.07, 6.45) is 6.91. The monoisotopic (exact) mass is 96.1 g/mol. The van der Waals surface area contributed by atoms with Crippen LogP contribution in [0, 0.1) is 12.3 Å². The van der Waals surface area contributed by atoms with Gasteiger partial charge in [0, 0.05) is 6.42 Å². The summed E-state index contributed by atoms with van der Waals surface area (Å²) >= 11 is 0. The Morgan fingerprint density at radius 2 is 2.00 bits per heavy atom. The van der Waals surface area contributed by atoms with Gasteiger partial charge in [-0.15, -0.1) is 25.5 Å². The summed E-state index contributed by atoms with van der Waals surface area (Å²) in [4.78, 5) is 0. The molecular weight excluding hydrogens is 84.1 g/mol. The van der Waals surface area contributed by atoms with Crippen molar-refractivity contribution in [2.45, 2.75) is 19.8 Å². The van der Waals surface area contributed by atoms with Crippen LogP contribution in [0.1, 0.15) is 19.8 Å². The van der Waals surface area contributed by atoms with Crippen LogP contribution in [0.3, 0.4) is 0 Å². The van der Waals surface area contributed by atoms with Crippen molar-refractivity contribution >= 4 is 0 Å². The molecule has 0 aromatic carbocycles. The quantitative estimate of drug-likeness (QED) is 0.347. The fourth-order valence-electron chi connectivity index (χ4n) is 0.144. The first kappa shape index (κ1) is 9.57. The zero-order valence-corrected chi connectivity index (χ0v) is 4.91. The zero-order chi connectivity index (χ0) is 6.12. The van der Waals surface area contributed by atoms with E-state index in [1.165, 1.54) is 0 Å². The lowest BCUT2D eigenvalue weighted by Gasteiger charge is -1.69. The van der Waals surface area contributed by atoms with Gasteiger partial charge in [0.15, 0.2) is 0 Å². The predicted octanol–water partition coefficient (Wildman–Crippen LogP) is 2.22. The molecular formula is C7H12. The van der Waals surface area contributed by atoms with E-state index < -0.39 is 0 Å². The van der Waals surface area contributed by atoms with Crippen LogP contribution >= 0.6 is 0 Å². The van der Waals surface area contributed by atoms with E-state index >= 15 is 0 Å². The van der Waals surface area contributed by atoms with Gasteiger partial charge in [0.1, 0.15) is 0 Å². The maximum Gasteiger partial charge on any atom is 0.00834 e. The second-order valence-corrected chi connectivity index (χ2v) is 0.954. The normalized spacial score (nSPS) is 5.14. The van der Waals surface area contributed by atoms with E-state index in [9.17, 15) is 0 Å². The maximum absolute atomic E-state index is 4.89. The topological polar surface area (TPSA) is 0 Å². The van der Waals surface area contributed by atoms with E-state index in [-0.39, 0.29) is 0 Å². The van der Waals surface area contributed by atoms with Crippen LogP contribution < -0.4 is 0 Å². The lowest BCUT2D eigenvalue weighted by Crippen LogP contribution is -1.53. The predicted molar refractivity (Wildman–Crippen MR) is 35.0 cm³/mol. The molecule has 7 heavy (non-hydrogen) atoms. The summed E-state index contributed by atoms with van der Waals surface area (Å²) in [5.41, 5.74) is 0. The first-order valence-electron chi connectivity index (χ1n) is 2.35. The molecule has 0 unspecified atom stereocenters. The largest absolute Gasteiger partial charge is 0.120 e. The van der Waals surface area contributed by atoms with Gasteiger partial charge in [-0.3, -0.25) is 0 Å². The second-order valence-electron chi connectivity index (χ2n) is 0.954. The van der Waals surface area contributed by atoms with Gasteiger partial charge in [-0.05, 0) is 6.42 Å². The third kappa shape index (κ3) is 34.2. The number of terminal acetylenes is 1. The summed E-state index contributed by atoms with van der Waals surface area (Å²) in [5.74, 6) is 2.52. The smallest absolute Gasteiger partial charge is 0.00834 e. The van der Waals surface area contributed by atoms with Crippen molar-refractivity contribution in [3.63, 3.8) is 0 Å². The van der Waals surface area contributed by atoms with Gasteiger partial charge >= 0.3 is 0 Å². The summed E-state index contributed by atoms with van der Waals surface area (Å²) in [5, 5.41) is 0. The fourth-order valence-corrected chi connectivity index (χ4v) is 0.144. The minimum Gasteiger partial charge on any atom is -0.120 e. The van der Waals surface area contributed by atoms with Gasteiger partial charge in [-0.2, -0.15) is 0 Å². The number of hydrogen-bond acceptors (Lipinski definition) is 0. The minimum absolute atomic E-state index is 0.917. The van der Waals surface area contributed by atoms with Crippen LogP contribution in [0.2, 0.25) is 0 Å². The van der Waals surface area contributed by atoms with Gasteiger partial charge in [-0.1, -0.05) is 6.92 Å². The highest BCUT2D eigenvalue weighted by molar-refractivity contribution is 4.81. The Balaban J connectivity index is 0. The van der Waals surface area contributed by atoms with Gasteiger partial charge in [0.2, 0.25) is 0 Å². The Kier molecular flexibility index (Phi) is 25.3. The third-order valence-corrected chi connectivity index (χ3v) is 0.394. The molecule has 0 fully saturated rings. The molecule has 0 heterocycles. The van der Waals surface area contributed by atoms with E-state index in [0.717, 1.165) is 12.8 Å². The molecule has 0 aliphatic rings. The number of unbranched alkanes of at least 4 members (excludes halogenated alkanes) is 1. The van der Waals surface area contributed by atoms with Gasteiger partial charge in [0.05, 0.1) is 0 Å². The summed E-state index contributed by atoms with van der Waals surface area (Å²) < 4.78 is 0. The molecule has 0 bridgehead atoms. The Hall–Kier alpha value is -0.700. The number of hydrogen-bond donors (Lipinski definition) is 0. The maximum atomic E-state index is 4.89. The Morgan fingerprint density at radius 3 is 2.00 bits per heavy atom. The first-order chi connectivity index (χ1) is 3.41. The van der Waals surface area contributed by atoms with E-state index in [1.807, 2.05) is 0 Å². The van der Waals surface area contributed by atoms with Gasteiger partial charge in [0.25, 0.3) is 0 Å². The summed E-state index contributed by atoms with van der Waals surface area (Å²) in [6.45, 7) is 8.07. The standard InChI is InChI=1S/C5H8.C2H4/c1-3-5-4-2;1-2/h1H,4-5H2,2H3;1-2H2. The van der Waals surface area contributed by atoms with Crippen LogP contribution in [0.15, 0.2) is 13.2 Å². The second kappa shape index (κ2) is 18.5. The van der Waals surface area contributed by atoms with Crippen LogP contribution in [-0.4, -0.2) is 0 Å². The van der Waals surface area contributed by atoms with Crippen LogP contribution in [0.4, 0.5) is 0 Å². The van der Waals surface area contributed by atoms with Gasteiger partial charge < -0.3 is 0 Å². The van der Waals surface area contributed by atoms with Crippen molar-refractivity contribution in [2.24, 2.45) is 0 Å². The molecule has 0 N–H and O–H groups in total. The van der Waals surface area contributed by atoms with E-state index in [2.05, 4.69) is 26.0 Å². The van der Waals surface area contributed by atoms with E-state index in [0.29, 0.717) is 0 Å². The number of rotatable bonds is 1. The fraction of sp³-hybridized carbons (Fsp3) is 0.429. The Bertz CT molecular complexity index is 47.5. The molecule has 0 aromatic rings. The van der Waals surface area contributed by atoms with Crippen molar-refractivity contribution in [1.82, 2.24) is 0 Å². The van der Waals surface area contributed by atoms with Crippen molar-refractivity contribution in [3.8, 4) is 12.3 Å². The molecule has 0 heteroatoms. The molecule has 0 radical (unpaired) electrons. The van der Waals surface area contributed by atoms with E-state index in [1.54, 1.807) is 0 Å². The van der Waals surface area contributed by atoms with Crippen molar-refractivity contribution in [2.75, 3.05) is 0 Å². The molecule has 0 spiro atoms. The van der Waals surface area contributed by atoms with Crippen molar-refractivity contribution in [3.05, 3.63) is 13.2 Å². The summed E-state index contributed by atoms with van der Waals surface area (Å²) in [6, 6.07) is 0. The molecule has 0 saturated carbocycles. The van der Waals surface area contributed by atoms with Crippen LogP contribution in [-0.2, 0) is 0 Å². The molecule has 0 saturated heterocycles. The van der Waals surface area contributed by atoms with Crippen LogP contribution in [0.5, 0.6) is 0 Å². The molecule has 0 rings (SSSR count). The minimum atomic E-state index is 0.917. The highest BCUT2D eigenvalue weighted by atomic mass is 13.7. The SMILES string of the molecule is C#CCCC.C=C. The van der Waals surface area contributed by atoms with Gasteiger partial charge in [-0.25, -0.2) is 0 Å². The molecule has 0 aliphatic heterocycles. The summed E-state index contributed by atoms with van der Waals surface area (Å²) in [7, 11) is 0. The lowest BCUT2D eigenvalue weighted by molar-refractivity contribution is 0.984. The molecule has 0 aliphatic carbocycles. The highest BCUT2D eigenvalue weighted by Crippen LogP contribution is 1.77. The van der Waals surface area contributed by atoms with E-state index in [4.69, 9.17) is 6.42 Å². The van der Waals surface area contributed by atoms with Crippen molar-refractivity contribution < 1.29 is 0 Å².